The first-order chi connectivity index (χ1) is 9.61. The maximum absolute atomic E-state index is 11.6. The topological polar surface area (TPSA) is 51.2 Å². The Balaban J connectivity index is 5.56. The Kier molecular flexibility index (Phi) is 10.6. The van der Waals surface area contributed by atoms with E-state index in [1.165, 1.54) is 0 Å². The first-order valence-electron chi connectivity index (χ1n) is 7.59. The van der Waals surface area contributed by atoms with E-state index >= 15 is 0 Å². The molecule has 0 saturated heterocycles. The van der Waals surface area contributed by atoms with Crippen molar-refractivity contribution in [3.05, 3.63) is 0 Å². The fourth-order valence-corrected chi connectivity index (χ4v) is 15.3. The molecule has 124 valence electrons. The van der Waals surface area contributed by atoms with Crippen LogP contribution < -0.4 is 0 Å². The molecule has 20 heavy (non-hydrogen) atoms. The average Bonchev–Trinajstić information content (AvgIpc) is 2.50. The molecule has 0 aromatic heterocycles. The van der Waals surface area contributed by atoms with E-state index in [-0.39, 0.29) is 0 Å². The van der Waals surface area contributed by atoms with Crippen LogP contribution in [0.3, 0.4) is 0 Å². The van der Waals surface area contributed by atoms with Crippen molar-refractivity contribution >= 4 is 21.8 Å². The van der Waals surface area contributed by atoms with Crippen LogP contribution in [0.4, 0.5) is 0 Å². The van der Waals surface area contributed by atoms with E-state index in [0.29, 0.717) is 0 Å². The fraction of sp³-hybridized carbons (Fsp3) is 0.800. The zero-order valence-corrected chi connectivity index (χ0v) is 15.1. The molecule has 5 heteroatoms. The molecular formula is C15H31NiO3P. The van der Waals surface area contributed by atoms with E-state index in [9.17, 15) is 14.4 Å². The molecule has 0 amide bonds. The predicted octanol–water partition coefficient (Wildman–Crippen LogP) is 3.78. The molecule has 0 aliphatic carbocycles. The Labute approximate surface area is 126 Å². The number of hydrogen-bond donors (Lipinski definition) is 0. The molecule has 0 aromatic rings. The van der Waals surface area contributed by atoms with Gasteiger partial charge in [0.25, 0.3) is 0 Å². The van der Waals surface area contributed by atoms with Crippen molar-refractivity contribution in [2.24, 2.45) is 0 Å². The molecule has 3 nitrogen and oxygen atoms in total. The zero-order chi connectivity index (χ0) is 15.5. The molecule has 0 atom stereocenters. The van der Waals surface area contributed by atoms with Crippen molar-refractivity contribution in [1.29, 1.82) is 0 Å². The molecule has 0 rings (SSSR count). The van der Waals surface area contributed by atoms with Gasteiger partial charge in [0.2, 0.25) is 0 Å². The van der Waals surface area contributed by atoms with Crippen molar-refractivity contribution in [2.75, 3.05) is 18.5 Å². The summed E-state index contributed by atoms with van der Waals surface area (Å²) in [7, 11) is 0. The summed E-state index contributed by atoms with van der Waals surface area (Å²) in [6.45, 7) is 6.37. The SMILES string of the molecule is CCCC[PH](CCCC)(CCCC)[Ni]([CH]=O)([CH]=O)[CH]=O. The molecular weight excluding hydrogens is 318 g/mol. The van der Waals surface area contributed by atoms with E-state index in [2.05, 4.69) is 20.8 Å². The van der Waals surface area contributed by atoms with Gasteiger partial charge in [0.1, 0.15) is 0 Å². The van der Waals surface area contributed by atoms with Gasteiger partial charge in [-0.2, -0.15) is 0 Å². The van der Waals surface area contributed by atoms with Crippen LogP contribution >= 0.6 is 6.04 Å². The molecule has 0 N–H and O–H groups in total. The van der Waals surface area contributed by atoms with Gasteiger partial charge in [0.05, 0.1) is 0 Å². The Morgan fingerprint density at radius 3 is 1.20 bits per heavy atom. The number of rotatable bonds is 13. The molecule has 0 unspecified atom stereocenters. The Morgan fingerprint density at radius 2 is 1.00 bits per heavy atom. The van der Waals surface area contributed by atoms with Crippen molar-refractivity contribution in [3.63, 3.8) is 0 Å². The van der Waals surface area contributed by atoms with Crippen LogP contribution in [0.25, 0.3) is 0 Å². The first-order valence-corrected chi connectivity index (χ1v) is 13.2. The van der Waals surface area contributed by atoms with Crippen LogP contribution in [0.2, 0.25) is 0 Å². The zero-order valence-electron chi connectivity index (χ0n) is 13.1. The average molecular weight is 349 g/mol. The second-order valence-electron chi connectivity index (χ2n) is 5.21. The Bertz CT molecular complexity index is 264. The van der Waals surface area contributed by atoms with Gasteiger partial charge in [-0.25, -0.2) is 0 Å². The van der Waals surface area contributed by atoms with Crippen LogP contribution in [0.1, 0.15) is 59.3 Å². The van der Waals surface area contributed by atoms with Crippen molar-refractivity contribution < 1.29 is 26.3 Å². The van der Waals surface area contributed by atoms with Crippen LogP contribution in [0.5, 0.6) is 0 Å². The van der Waals surface area contributed by atoms with E-state index in [1.54, 1.807) is 0 Å². The van der Waals surface area contributed by atoms with Gasteiger partial charge in [-0.15, -0.1) is 0 Å². The van der Waals surface area contributed by atoms with Gasteiger partial charge in [0.15, 0.2) is 0 Å². The number of carbonyl (C=O) groups is 3. The number of carbonyl (C=O) groups excluding carboxylic acids is 3. The van der Waals surface area contributed by atoms with Gasteiger partial charge < -0.3 is 0 Å². The summed E-state index contributed by atoms with van der Waals surface area (Å²) in [5, 5.41) is 2.24. The normalized spacial score (nSPS) is 13.8. The molecule has 0 bridgehead atoms. The quantitative estimate of drug-likeness (QED) is 0.289. The first kappa shape index (κ1) is 19.9. The van der Waals surface area contributed by atoms with Crippen molar-refractivity contribution in [2.45, 2.75) is 59.3 Å². The number of hydrogen-bond acceptors (Lipinski definition) is 3. The maximum atomic E-state index is 11.6. The van der Waals surface area contributed by atoms with Crippen molar-refractivity contribution in [1.82, 2.24) is 0 Å². The van der Waals surface area contributed by atoms with Gasteiger partial charge >= 0.3 is 126 Å². The third-order valence-corrected chi connectivity index (χ3v) is 18.4. The Morgan fingerprint density at radius 1 is 0.700 bits per heavy atom. The van der Waals surface area contributed by atoms with Crippen LogP contribution in [-0.4, -0.2) is 34.3 Å². The summed E-state index contributed by atoms with van der Waals surface area (Å²) < 4.78 is 0. The van der Waals surface area contributed by atoms with Crippen molar-refractivity contribution in [3.8, 4) is 0 Å². The predicted molar refractivity (Wildman–Crippen MR) is 87.9 cm³/mol. The second kappa shape index (κ2) is 10.6. The number of unbranched alkanes of at least 4 members (excludes halogenated alkanes) is 3. The molecule has 0 aliphatic heterocycles. The molecule has 0 radical (unpaired) electrons. The second-order valence-corrected chi connectivity index (χ2v) is 16.8. The van der Waals surface area contributed by atoms with Gasteiger partial charge in [0, 0.05) is 0 Å². The molecule has 0 spiro atoms. The van der Waals surface area contributed by atoms with Gasteiger partial charge in [-0.1, -0.05) is 0 Å². The summed E-state index contributed by atoms with van der Waals surface area (Å²) in [5.41, 5.74) is 0. The third-order valence-electron chi connectivity index (χ3n) is 3.84. The summed E-state index contributed by atoms with van der Waals surface area (Å²) in [4.78, 5) is 34.9. The van der Waals surface area contributed by atoms with Gasteiger partial charge in [-0.05, 0) is 0 Å². The standard InChI is InChI=1S/C12H27P.3CHO.Ni/c1-4-7-10-13(11-8-5-2)12-9-6-3;3*1-2;/h4-12H2,1-3H3;3*1H;/q;;;;-1/p+1. The van der Waals surface area contributed by atoms with E-state index in [1.807, 2.05) is 0 Å². The summed E-state index contributed by atoms with van der Waals surface area (Å²) >= 11 is -2.46. The monoisotopic (exact) mass is 348 g/mol. The molecule has 0 heterocycles. The Hall–Kier alpha value is -0.0665. The summed E-state index contributed by atoms with van der Waals surface area (Å²) in [6, 6.07) is -2.15. The minimum absolute atomic E-state index is 0.747. The summed E-state index contributed by atoms with van der Waals surface area (Å²) in [5.74, 6) is 0. The summed E-state index contributed by atoms with van der Waals surface area (Å²) in [6.07, 6.45) is 9.15. The van der Waals surface area contributed by atoms with E-state index in [4.69, 9.17) is 0 Å². The van der Waals surface area contributed by atoms with Gasteiger partial charge in [-0.3, -0.25) is 0 Å². The van der Waals surface area contributed by atoms with E-state index in [0.717, 1.165) is 72.8 Å². The van der Waals surface area contributed by atoms with Crippen LogP contribution in [-0.2, 0) is 26.3 Å². The fourth-order valence-electron chi connectivity index (χ4n) is 2.52. The minimum atomic E-state index is -2.46. The van der Waals surface area contributed by atoms with E-state index < -0.39 is 18.0 Å². The van der Waals surface area contributed by atoms with Crippen LogP contribution in [0.15, 0.2) is 0 Å². The molecule has 0 aliphatic rings. The molecule has 0 fully saturated rings. The molecule has 0 saturated carbocycles. The van der Waals surface area contributed by atoms with Crippen LogP contribution in [0, 0.1) is 0 Å². The molecule has 0 aromatic carbocycles. The third kappa shape index (κ3) is 4.74.